The summed E-state index contributed by atoms with van der Waals surface area (Å²) in [6, 6.07) is 23.2. The number of rotatable bonds is 7. The van der Waals surface area contributed by atoms with Crippen LogP contribution in [0.4, 0.5) is 16.5 Å². The maximum absolute atomic E-state index is 12.4. The fourth-order valence-electron chi connectivity index (χ4n) is 2.98. The molecular formula is C25H21ClN4OS3. The van der Waals surface area contributed by atoms with Crippen molar-refractivity contribution in [2.24, 2.45) is 0 Å². The van der Waals surface area contributed by atoms with Crippen molar-refractivity contribution in [1.82, 2.24) is 4.98 Å². The molecule has 0 fully saturated rings. The summed E-state index contributed by atoms with van der Waals surface area (Å²) in [5.41, 5.74) is 4.72. The van der Waals surface area contributed by atoms with Crippen LogP contribution in [0.25, 0.3) is 11.3 Å². The predicted octanol–water partition coefficient (Wildman–Crippen LogP) is 7.31. The van der Waals surface area contributed by atoms with Crippen LogP contribution in [0, 0.1) is 6.92 Å². The number of carbonyl (C=O) groups excluding carboxylic acids is 1. The van der Waals surface area contributed by atoms with Crippen LogP contribution in [0.3, 0.4) is 0 Å². The Hall–Kier alpha value is -2.91. The molecule has 0 radical (unpaired) electrons. The van der Waals surface area contributed by atoms with Crippen molar-refractivity contribution < 1.29 is 4.79 Å². The molecule has 0 atom stereocenters. The molecule has 1 heterocycles. The summed E-state index contributed by atoms with van der Waals surface area (Å²) in [5.74, 6) is 0.155. The average molecular weight is 525 g/mol. The molecule has 0 unspecified atom stereocenters. The van der Waals surface area contributed by atoms with Crippen molar-refractivity contribution in [1.29, 1.82) is 0 Å². The zero-order valence-electron chi connectivity index (χ0n) is 18.2. The zero-order chi connectivity index (χ0) is 23.9. The van der Waals surface area contributed by atoms with Crippen molar-refractivity contribution in [2.75, 3.05) is 21.7 Å². The molecule has 1 aromatic heterocycles. The monoisotopic (exact) mass is 524 g/mol. The van der Waals surface area contributed by atoms with Crippen LogP contribution >= 0.6 is 46.9 Å². The number of carbonyl (C=O) groups is 1. The average Bonchev–Trinajstić information content (AvgIpc) is 3.28. The molecule has 0 saturated heterocycles. The van der Waals surface area contributed by atoms with Crippen LogP contribution in [0.2, 0.25) is 5.02 Å². The van der Waals surface area contributed by atoms with Gasteiger partial charge < -0.3 is 16.0 Å². The third kappa shape index (κ3) is 7.04. The topological polar surface area (TPSA) is 66.0 Å². The third-order valence-electron chi connectivity index (χ3n) is 4.66. The summed E-state index contributed by atoms with van der Waals surface area (Å²) < 4.78 is 0. The molecule has 9 heteroatoms. The largest absolute Gasteiger partial charge is 0.332 e. The van der Waals surface area contributed by atoms with Gasteiger partial charge in [0.1, 0.15) is 0 Å². The first-order valence-corrected chi connectivity index (χ1v) is 13.0. The van der Waals surface area contributed by atoms with E-state index in [-0.39, 0.29) is 11.7 Å². The van der Waals surface area contributed by atoms with Gasteiger partial charge >= 0.3 is 0 Å². The highest BCUT2D eigenvalue weighted by Gasteiger charge is 2.09. The number of amides is 1. The summed E-state index contributed by atoms with van der Waals surface area (Å²) >= 11 is 14.2. The Morgan fingerprint density at radius 2 is 1.74 bits per heavy atom. The predicted molar refractivity (Wildman–Crippen MR) is 149 cm³/mol. The van der Waals surface area contributed by atoms with E-state index in [0.29, 0.717) is 15.3 Å². The number of thiazole rings is 1. The number of aromatic nitrogens is 1. The molecule has 0 bridgehead atoms. The molecule has 3 aromatic carbocycles. The quantitative estimate of drug-likeness (QED) is 0.174. The second-order valence-corrected chi connectivity index (χ2v) is 10.1. The number of benzene rings is 3. The molecule has 172 valence electrons. The summed E-state index contributed by atoms with van der Waals surface area (Å²) in [6.45, 7) is 2.04. The van der Waals surface area contributed by atoms with E-state index in [9.17, 15) is 4.79 Å². The Kier molecular flexibility index (Phi) is 8.18. The Morgan fingerprint density at radius 1 is 1.00 bits per heavy atom. The van der Waals surface area contributed by atoms with E-state index < -0.39 is 0 Å². The Morgan fingerprint density at radius 3 is 2.50 bits per heavy atom. The van der Waals surface area contributed by atoms with Gasteiger partial charge in [-0.1, -0.05) is 47.5 Å². The van der Waals surface area contributed by atoms with Crippen LogP contribution in [0.15, 0.2) is 83.1 Å². The minimum absolute atomic E-state index is 0.114. The first-order chi connectivity index (χ1) is 16.4. The molecule has 0 saturated carbocycles. The van der Waals surface area contributed by atoms with Gasteiger partial charge in [0.15, 0.2) is 10.2 Å². The van der Waals surface area contributed by atoms with E-state index in [0.717, 1.165) is 27.5 Å². The number of aryl methyl sites for hydroxylation is 1. The summed E-state index contributed by atoms with van der Waals surface area (Å²) in [5, 5.41) is 12.9. The molecular weight excluding hydrogens is 504 g/mol. The number of halogens is 1. The lowest BCUT2D eigenvalue weighted by Gasteiger charge is -2.11. The molecule has 0 aliphatic rings. The van der Waals surface area contributed by atoms with Gasteiger partial charge in [-0.15, -0.1) is 23.1 Å². The van der Waals surface area contributed by atoms with Gasteiger partial charge in [-0.2, -0.15) is 0 Å². The van der Waals surface area contributed by atoms with Gasteiger partial charge in [0.2, 0.25) is 5.91 Å². The smallest absolute Gasteiger partial charge is 0.236 e. The number of thiocarbonyl (C=S) groups is 1. The minimum Gasteiger partial charge on any atom is -0.332 e. The molecule has 34 heavy (non-hydrogen) atoms. The summed E-state index contributed by atoms with van der Waals surface area (Å²) in [6.07, 6.45) is 0. The maximum Gasteiger partial charge on any atom is 0.236 e. The SMILES string of the molecule is Cc1ccc(NC(=S)Nc2cccc(SCC(=O)Nc3nc(-c4ccc(Cl)cc4)cs3)c2)cc1. The van der Waals surface area contributed by atoms with E-state index in [1.165, 1.54) is 28.7 Å². The van der Waals surface area contributed by atoms with Crippen molar-refractivity contribution >= 4 is 74.4 Å². The van der Waals surface area contributed by atoms with Crippen LogP contribution in [0.1, 0.15) is 5.56 Å². The lowest BCUT2D eigenvalue weighted by atomic mass is 10.2. The fraction of sp³-hybridized carbons (Fsp3) is 0.0800. The summed E-state index contributed by atoms with van der Waals surface area (Å²) in [4.78, 5) is 17.9. The van der Waals surface area contributed by atoms with Crippen molar-refractivity contribution in [3.8, 4) is 11.3 Å². The number of nitrogens with zero attached hydrogens (tertiary/aromatic N) is 1. The highest BCUT2D eigenvalue weighted by atomic mass is 35.5. The van der Waals surface area contributed by atoms with Crippen LogP contribution in [-0.2, 0) is 4.79 Å². The standard InChI is InChI=1S/C25H21ClN4OS3/c1-16-5-11-19(12-6-16)27-24(32)28-20-3-2-4-21(13-20)33-15-23(31)30-25-29-22(14-34-25)17-7-9-18(26)10-8-17/h2-14H,15H2,1H3,(H2,27,28,32)(H,29,30,31). The van der Waals surface area contributed by atoms with E-state index >= 15 is 0 Å². The minimum atomic E-state index is -0.114. The molecule has 4 rings (SSSR count). The van der Waals surface area contributed by atoms with E-state index in [1.807, 2.05) is 85.1 Å². The van der Waals surface area contributed by atoms with Crippen molar-refractivity contribution in [3.63, 3.8) is 0 Å². The third-order valence-corrected chi connectivity index (χ3v) is 6.87. The van der Waals surface area contributed by atoms with E-state index in [2.05, 4.69) is 20.9 Å². The number of thioether (sulfide) groups is 1. The number of hydrogen-bond acceptors (Lipinski definition) is 5. The van der Waals surface area contributed by atoms with Gasteiger partial charge in [-0.05, 0) is 61.6 Å². The second kappa shape index (κ2) is 11.5. The Bertz CT molecular complexity index is 1290. The summed E-state index contributed by atoms with van der Waals surface area (Å²) in [7, 11) is 0. The normalized spacial score (nSPS) is 10.5. The lowest BCUT2D eigenvalue weighted by Crippen LogP contribution is -2.19. The first-order valence-electron chi connectivity index (χ1n) is 10.3. The molecule has 0 aliphatic carbocycles. The van der Waals surface area contributed by atoms with Crippen LogP contribution < -0.4 is 16.0 Å². The lowest BCUT2D eigenvalue weighted by molar-refractivity contribution is -0.113. The van der Waals surface area contributed by atoms with Crippen molar-refractivity contribution in [2.45, 2.75) is 11.8 Å². The number of hydrogen-bond donors (Lipinski definition) is 3. The molecule has 4 aromatic rings. The molecule has 3 N–H and O–H groups in total. The molecule has 1 amide bonds. The van der Waals surface area contributed by atoms with E-state index in [4.69, 9.17) is 23.8 Å². The first kappa shape index (κ1) is 24.2. The molecule has 5 nitrogen and oxygen atoms in total. The number of anilines is 3. The highest BCUT2D eigenvalue weighted by Crippen LogP contribution is 2.27. The Labute approximate surface area is 217 Å². The molecule has 0 spiro atoms. The van der Waals surface area contributed by atoms with Crippen molar-refractivity contribution in [3.05, 3.63) is 88.8 Å². The van der Waals surface area contributed by atoms with Gasteiger partial charge in [0.05, 0.1) is 11.4 Å². The van der Waals surface area contributed by atoms with Crippen LogP contribution in [0.5, 0.6) is 0 Å². The fourth-order valence-corrected chi connectivity index (χ4v) is 4.84. The van der Waals surface area contributed by atoms with Gasteiger partial charge in [0, 0.05) is 32.2 Å². The van der Waals surface area contributed by atoms with Gasteiger partial charge in [-0.25, -0.2) is 4.98 Å². The second-order valence-electron chi connectivity index (χ2n) is 7.35. The van der Waals surface area contributed by atoms with Crippen LogP contribution in [-0.4, -0.2) is 21.8 Å². The van der Waals surface area contributed by atoms with E-state index in [1.54, 1.807) is 0 Å². The zero-order valence-corrected chi connectivity index (χ0v) is 21.4. The Balaban J connectivity index is 1.28. The van der Waals surface area contributed by atoms with Gasteiger partial charge in [0.25, 0.3) is 0 Å². The van der Waals surface area contributed by atoms with Gasteiger partial charge in [-0.3, -0.25) is 4.79 Å². The maximum atomic E-state index is 12.4. The highest BCUT2D eigenvalue weighted by molar-refractivity contribution is 8.00. The molecule has 0 aliphatic heterocycles. The number of nitrogens with one attached hydrogen (secondary N) is 3.